The van der Waals surface area contributed by atoms with E-state index in [0.29, 0.717) is 29.9 Å². The maximum absolute atomic E-state index is 13.2. The van der Waals surface area contributed by atoms with Gasteiger partial charge >= 0.3 is 0 Å². The van der Waals surface area contributed by atoms with E-state index in [4.69, 9.17) is 0 Å². The quantitative estimate of drug-likeness (QED) is 0.809. The molecule has 1 aromatic heterocycles. The van der Waals surface area contributed by atoms with Crippen LogP contribution >= 0.6 is 0 Å². The molecule has 28 heavy (non-hydrogen) atoms. The molecule has 0 aromatic carbocycles. The van der Waals surface area contributed by atoms with Crippen LogP contribution in [0.3, 0.4) is 0 Å². The summed E-state index contributed by atoms with van der Waals surface area (Å²) in [6.07, 6.45) is 12.7. The zero-order valence-corrected chi connectivity index (χ0v) is 17.1. The molecule has 1 heterocycles. The van der Waals surface area contributed by atoms with Crippen LogP contribution in [0.25, 0.3) is 0 Å². The molecular formula is C23H34FN3O. The third kappa shape index (κ3) is 2.95. The van der Waals surface area contributed by atoms with E-state index in [2.05, 4.69) is 22.1 Å². The van der Waals surface area contributed by atoms with Crippen molar-refractivity contribution in [1.82, 2.24) is 15.2 Å². The monoisotopic (exact) mass is 387 g/mol. The van der Waals surface area contributed by atoms with E-state index in [1.165, 1.54) is 44.9 Å². The maximum atomic E-state index is 13.2. The van der Waals surface area contributed by atoms with Crippen molar-refractivity contribution < 1.29 is 9.18 Å². The fraction of sp³-hybridized carbons (Fsp3) is 0.870. The van der Waals surface area contributed by atoms with E-state index in [0.717, 1.165) is 42.9 Å². The van der Waals surface area contributed by atoms with Gasteiger partial charge in [-0.2, -0.15) is 5.10 Å². The molecule has 154 valence electrons. The predicted octanol–water partition coefficient (Wildman–Crippen LogP) is 4.77. The summed E-state index contributed by atoms with van der Waals surface area (Å²) in [7, 11) is 0. The minimum atomic E-state index is -0.118. The van der Waals surface area contributed by atoms with Crippen molar-refractivity contribution in [1.29, 1.82) is 0 Å². The van der Waals surface area contributed by atoms with Crippen LogP contribution in [0.15, 0.2) is 6.33 Å². The molecule has 0 bridgehead atoms. The smallest absolute Gasteiger partial charge is 0.144 e. The van der Waals surface area contributed by atoms with Crippen LogP contribution in [-0.4, -0.2) is 27.6 Å². The fourth-order valence-corrected chi connectivity index (χ4v) is 8.22. The SMILES string of the molecule is CC12CCC3C4CCC(CF)CC4CCC3C1CCC2C(=O)Cc1ncn[nH]1. The molecule has 5 rings (SSSR count). The highest BCUT2D eigenvalue weighted by Gasteiger charge is 2.58. The number of carbonyl (C=O) groups excluding carboxylic acids is 1. The van der Waals surface area contributed by atoms with Crippen molar-refractivity contribution in [2.45, 2.75) is 71.1 Å². The lowest BCUT2D eigenvalue weighted by molar-refractivity contribution is -0.130. The van der Waals surface area contributed by atoms with Gasteiger partial charge in [-0.3, -0.25) is 14.3 Å². The minimum absolute atomic E-state index is 0.118. The summed E-state index contributed by atoms with van der Waals surface area (Å²) < 4.78 is 13.2. The van der Waals surface area contributed by atoms with Crippen LogP contribution in [0, 0.1) is 46.8 Å². The van der Waals surface area contributed by atoms with Crippen LogP contribution in [0.4, 0.5) is 4.39 Å². The van der Waals surface area contributed by atoms with E-state index in [1.807, 2.05) is 0 Å². The molecule has 0 spiro atoms. The Balaban J connectivity index is 1.31. The summed E-state index contributed by atoms with van der Waals surface area (Å²) in [5, 5.41) is 6.74. The largest absolute Gasteiger partial charge is 0.299 e. The average molecular weight is 388 g/mol. The molecule has 4 saturated carbocycles. The Kier molecular flexibility index (Phi) is 4.83. The first-order valence-corrected chi connectivity index (χ1v) is 11.5. The number of rotatable bonds is 4. The van der Waals surface area contributed by atoms with E-state index in [9.17, 15) is 9.18 Å². The maximum Gasteiger partial charge on any atom is 0.144 e. The molecule has 0 radical (unpaired) electrons. The number of carbonyl (C=O) groups is 1. The van der Waals surface area contributed by atoms with Gasteiger partial charge in [-0.25, -0.2) is 4.98 Å². The van der Waals surface area contributed by atoms with Crippen LogP contribution in [0.1, 0.15) is 70.5 Å². The number of nitrogens with one attached hydrogen (secondary N) is 1. The van der Waals surface area contributed by atoms with Gasteiger partial charge in [0.1, 0.15) is 17.9 Å². The third-order valence-corrected chi connectivity index (χ3v) is 9.48. The van der Waals surface area contributed by atoms with Gasteiger partial charge in [-0.15, -0.1) is 0 Å². The summed E-state index contributed by atoms with van der Waals surface area (Å²) in [6.45, 7) is 2.29. The Morgan fingerprint density at radius 1 is 1.14 bits per heavy atom. The minimum Gasteiger partial charge on any atom is -0.299 e. The standard InChI is InChI=1S/C23H34FN3O/c1-23-9-8-17-16-4-2-14(12-24)10-15(16)3-5-18(17)19(23)6-7-20(23)21(28)11-22-25-13-26-27-22/h13-20H,2-12H2,1H3,(H,25,26,27). The lowest BCUT2D eigenvalue weighted by Gasteiger charge is -2.56. The average Bonchev–Trinajstić information content (AvgIpc) is 3.34. The summed E-state index contributed by atoms with van der Waals surface area (Å²) in [5.41, 5.74) is 0.168. The molecule has 1 aromatic rings. The van der Waals surface area contributed by atoms with Gasteiger partial charge < -0.3 is 0 Å². The Bertz CT molecular complexity index is 707. The fourth-order valence-electron chi connectivity index (χ4n) is 8.22. The van der Waals surface area contributed by atoms with Crippen molar-refractivity contribution in [3.8, 4) is 0 Å². The zero-order valence-electron chi connectivity index (χ0n) is 17.1. The number of hydrogen-bond acceptors (Lipinski definition) is 3. The molecule has 5 heteroatoms. The van der Waals surface area contributed by atoms with Crippen LogP contribution in [0.5, 0.6) is 0 Å². The third-order valence-electron chi connectivity index (χ3n) is 9.48. The molecule has 4 aliphatic rings. The topological polar surface area (TPSA) is 58.6 Å². The first-order chi connectivity index (χ1) is 13.6. The number of fused-ring (bicyclic) bond motifs is 5. The summed E-state index contributed by atoms with van der Waals surface area (Å²) in [5.74, 6) is 5.51. The highest BCUT2D eigenvalue weighted by atomic mass is 19.1. The second kappa shape index (κ2) is 7.21. The van der Waals surface area contributed by atoms with Gasteiger partial charge in [0.2, 0.25) is 0 Å². The van der Waals surface area contributed by atoms with Crippen molar-refractivity contribution in [3.63, 3.8) is 0 Å². The molecule has 0 aliphatic heterocycles. The Morgan fingerprint density at radius 2 is 2.00 bits per heavy atom. The molecule has 4 aliphatic carbocycles. The van der Waals surface area contributed by atoms with E-state index >= 15 is 0 Å². The lowest BCUT2D eigenvalue weighted by atomic mass is 9.49. The molecule has 1 N–H and O–H groups in total. The summed E-state index contributed by atoms with van der Waals surface area (Å²) >= 11 is 0. The normalized spacial score (nSPS) is 45.1. The molecule has 4 fully saturated rings. The van der Waals surface area contributed by atoms with Gasteiger partial charge in [0.15, 0.2) is 0 Å². The van der Waals surface area contributed by atoms with Gasteiger partial charge in [0.25, 0.3) is 0 Å². The number of aromatic amines is 1. The summed E-state index contributed by atoms with van der Waals surface area (Å²) in [6, 6.07) is 0. The number of Topliss-reactive ketones (excluding diaryl/α,β-unsaturated/α-hetero) is 1. The molecule has 8 unspecified atom stereocenters. The number of nitrogens with zero attached hydrogens (tertiary/aromatic N) is 2. The molecule has 8 atom stereocenters. The van der Waals surface area contributed by atoms with Crippen LogP contribution < -0.4 is 0 Å². The Labute approximate surface area is 167 Å². The number of alkyl halides is 1. The Morgan fingerprint density at radius 3 is 2.79 bits per heavy atom. The van der Waals surface area contributed by atoms with Gasteiger partial charge in [0, 0.05) is 5.92 Å². The molecule has 0 saturated heterocycles. The molecule has 0 amide bonds. The summed E-state index contributed by atoms with van der Waals surface area (Å²) in [4.78, 5) is 17.3. The molecule has 4 nitrogen and oxygen atoms in total. The second-order valence-corrected chi connectivity index (χ2v) is 10.5. The van der Waals surface area contributed by atoms with E-state index in [1.54, 1.807) is 0 Å². The van der Waals surface area contributed by atoms with Crippen molar-refractivity contribution in [2.75, 3.05) is 6.67 Å². The number of aromatic nitrogens is 3. The Hall–Kier alpha value is -1.26. The van der Waals surface area contributed by atoms with Crippen molar-refractivity contribution >= 4 is 5.78 Å². The molecular weight excluding hydrogens is 353 g/mol. The predicted molar refractivity (Wildman–Crippen MR) is 105 cm³/mol. The number of H-pyrrole nitrogens is 1. The second-order valence-electron chi connectivity index (χ2n) is 10.5. The van der Waals surface area contributed by atoms with Gasteiger partial charge in [0.05, 0.1) is 13.1 Å². The lowest BCUT2D eigenvalue weighted by Crippen LogP contribution is -2.49. The first kappa shape index (κ1) is 18.7. The van der Waals surface area contributed by atoms with Crippen molar-refractivity contribution in [2.24, 2.45) is 46.8 Å². The van der Waals surface area contributed by atoms with Gasteiger partial charge in [-0.1, -0.05) is 6.92 Å². The zero-order chi connectivity index (χ0) is 19.3. The highest BCUT2D eigenvalue weighted by molar-refractivity contribution is 5.83. The number of halogens is 1. The van der Waals surface area contributed by atoms with Crippen LogP contribution in [-0.2, 0) is 11.2 Å². The first-order valence-electron chi connectivity index (χ1n) is 11.5. The van der Waals surface area contributed by atoms with Crippen molar-refractivity contribution in [3.05, 3.63) is 12.2 Å². The van der Waals surface area contributed by atoms with E-state index in [-0.39, 0.29) is 18.0 Å². The number of ketones is 1. The highest BCUT2D eigenvalue weighted by Crippen LogP contribution is 2.64. The van der Waals surface area contributed by atoms with Gasteiger partial charge in [-0.05, 0) is 98.7 Å². The van der Waals surface area contributed by atoms with E-state index < -0.39 is 0 Å². The number of hydrogen-bond donors (Lipinski definition) is 1. The van der Waals surface area contributed by atoms with Crippen LogP contribution in [0.2, 0.25) is 0 Å².